The molecule has 0 atom stereocenters. The van der Waals surface area contributed by atoms with Crippen LogP contribution in [0.4, 0.5) is 0 Å². The van der Waals surface area contributed by atoms with Gasteiger partial charge in [0.15, 0.2) is 0 Å². The summed E-state index contributed by atoms with van der Waals surface area (Å²) in [6.45, 7) is 3.36. The van der Waals surface area contributed by atoms with E-state index in [9.17, 15) is 0 Å². The number of aromatic nitrogens is 2. The molecule has 1 aromatic heterocycles. The molecule has 2 nitrogen and oxygen atoms in total. The Morgan fingerprint density at radius 1 is 1.05 bits per heavy atom. The van der Waals surface area contributed by atoms with Crippen molar-refractivity contribution in [3.63, 3.8) is 0 Å². The molecule has 0 radical (unpaired) electrons. The van der Waals surface area contributed by atoms with Crippen molar-refractivity contribution in [1.29, 1.82) is 0 Å². The molecule has 0 spiro atoms. The average Bonchev–Trinajstić information content (AvgIpc) is 2.59. The van der Waals surface area contributed by atoms with Gasteiger partial charge in [-0.15, -0.1) is 0 Å². The van der Waals surface area contributed by atoms with E-state index in [4.69, 9.17) is 60.6 Å². The molecule has 122 valence electrons. The average molecular weight is 544 g/mol. The van der Waals surface area contributed by atoms with Crippen molar-refractivity contribution in [3.8, 4) is 0 Å². The first-order chi connectivity index (χ1) is 8.29. The molecule has 0 saturated carbocycles. The van der Waals surface area contributed by atoms with E-state index in [0.29, 0.717) is 0 Å². The normalized spacial score (nSPS) is 10.1. The molecule has 0 saturated heterocycles. The summed E-state index contributed by atoms with van der Waals surface area (Å²) in [5.41, 5.74) is 0. The number of hydrogen-bond acceptors (Lipinski definition) is 0. The molecule has 0 unspecified atom stereocenters. The van der Waals surface area contributed by atoms with Crippen molar-refractivity contribution in [3.05, 3.63) is 18.7 Å². The molecule has 11 heteroatoms. The second-order valence-corrected chi connectivity index (χ2v) is 13.9. The van der Waals surface area contributed by atoms with Gasteiger partial charge in [0.2, 0.25) is 6.33 Å². The summed E-state index contributed by atoms with van der Waals surface area (Å²) in [4.78, 5) is 0. The van der Waals surface area contributed by atoms with Gasteiger partial charge in [0.1, 0.15) is 12.4 Å². The van der Waals surface area contributed by atoms with Crippen LogP contribution in [0.3, 0.4) is 0 Å². The molecule has 0 aromatic carbocycles. The van der Waals surface area contributed by atoms with Gasteiger partial charge in [-0.05, 0) is 6.42 Å². The number of nitrogens with zero attached hydrogens (tertiary/aromatic N) is 2. The third-order valence-corrected chi connectivity index (χ3v) is 1.59. The van der Waals surface area contributed by atoms with Gasteiger partial charge in [-0.1, -0.05) is 13.3 Å². The van der Waals surface area contributed by atoms with Crippen LogP contribution < -0.4 is 21.5 Å². The fourth-order valence-corrected chi connectivity index (χ4v) is 0.975. The first-order valence-corrected chi connectivity index (χ1v) is 13.8. The van der Waals surface area contributed by atoms with Gasteiger partial charge < -0.3 is 17.0 Å². The fourth-order valence-electron chi connectivity index (χ4n) is 0.975. The van der Waals surface area contributed by atoms with E-state index < -0.39 is 22.3 Å². The number of rotatable bonds is 3. The number of hydrogen-bond donors (Lipinski definition) is 0. The van der Waals surface area contributed by atoms with Crippen molar-refractivity contribution >= 4 is 60.6 Å². The van der Waals surface area contributed by atoms with E-state index in [1.807, 2.05) is 7.05 Å². The Bertz CT molecular complexity index is 278. The van der Waals surface area contributed by atoms with E-state index in [-0.39, 0.29) is 17.0 Å². The molecule has 19 heavy (non-hydrogen) atoms. The van der Waals surface area contributed by atoms with Crippen molar-refractivity contribution in [2.75, 3.05) is 0 Å². The Morgan fingerprint density at radius 2 is 1.47 bits per heavy atom. The Balaban J connectivity index is -0.000000242. The van der Waals surface area contributed by atoms with Gasteiger partial charge in [0, 0.05) is 0 Å². The Labute approximate surface area is 159 Å². The molecule has 0 bridgehead atoms. The maximum atomic E-state index is 4.89. The van der Waals surface area contributed by atoms with Gasteiger partial charge in [-0.3, -0.25) is 0 Å². The van der Waals surface area contributed by atoms with Crippen LogP contribution in [-0.2, 0) is 35.9 Å². The number of unbranched alkanes of at least 4 members (excludes halogenated alkanes) is 1. The van der Waals surface area contributed by atoms with Crippen molar-refractivity contribution < 1.29 is 43.9 Å². The number of imidazole rings is 1. The van der Waals surface area contributed by atoms with E-state index in [1.54, 1.807) is 0 Å². The summed E-state index contributed by atoms with van der Waals surface area (Å²) in [5, 5.41) is 0. The molecule has 0 N–H and O–H groups in total. The number of halogens is 7. The quantitative estimate of drug-likeness (QED) is 0.409. The Hall–Kier alpha value is 2.47. The van der Waals surface area contributed by atoms with E-state index in [2.05, 4.69) is 34.8 Å². The number of aryl methyl sites for hydroxylation is 2. The minimum atomic E-state index is -1.33. The Morgan fingerprint density at radius 3 is 1.74 bits per heavy atom. The van der Waals surface area contributed by atoms with Gasteiger partial charge in [0.05, 0.1) is 13.6 Å². The summed E-state index contributed by atoms with van der Waals surface area (Å²) in [7, 11) is 31.4. The van der Waals surface area contributed by atoms with Gasteiger partial charge >= 0.3 is 82.9 Å². The molecule has 0 aliphatic heterocycles. The monoisotopic (exact) mass is 540 g/mol. The molecule has 0 amide bonds. The first kappa shape index (κ1) is 26.4. The molecule has 0 fully saturated rings. The predicted octanol–water partition coefficient (Wildman–Crippen LogP) is 2.25. The van der Waals surface area contributed by atoms with Crippen LogP contribution in [0.15, 0.2) is 18.7 Å². The zero-order valence-electron chi connectivity index (χ0n) is 10.1. The first-order valence-electron chi connectivity index (χ1n) is 4.64. The molecule has 0 aliphatic rings. The summed E-state index contributed by atoms with van der Waals surface area (Å²) >= 11 is -2.67. The van der Waals surface area contributed by atoms with Crippen LogP contribution in [0.2, 0.25) is 0 Å². The maximum absolute atomic E-state index is 4.89. The molecule has 1 rings (SSSR count). The second-order valence-electron chi connectivity index (χ2n) is 2.97. The molecule has 1 aromatic rings. The minimum absolute atomic E-state index is 0. The van der Waals surface area contributed by atoms with Crippen LogP contribution in [0.5, 0.6) is 0 Å². The predicted molar refractivity (Wildman–Crippen MR) is 75.6 cm³/mol. The van der Waals surface area contributed by atoms with Crippen molar-refractivity contribution in [1.82, 2.24) is 4.57 Å². The van der Waals surface area contributed by atoms with E-state index >= 15 is 0 Å². The van der Waals surface area contributed by atoms with Gasteiger partial charge in [-0.25, -0.2) is 9.13 Å². The van der Waals surface area contributed by atoms with Crippen LogP contribution in [0.1, 0.15) is 19.8 Å². The summed E-state index contributed by atoms with van der Waals surface area (Å²) < 4.78 is 4.28. The van der Waals surface area contributed by atoms with Crippen LogP contribution in [-0.4, -0.2) is 4.57 Å². The second kappa shape index (κ2) is 18.5. The molecular weight excluding hydrogens is 528 g/mol. The molecule has 1 heterocycles. The van der Waals surface area contributed by atoms with Gasteiger partial charge in [0.25, 0.3) is 0 Å². The van der Waals surface area contributed by atoms with Crippen molar-refractivity contribution in [2.24, 2.45) is 7.05 Å². The van der Waals surface area contributed by atoms with Gasteiger partial charge in [-0.2, -0.15) is 0 Å². The van der Waals surface area contributed by atoms with E-state index in [1.165, 1.54) is 12.8 Å². The van der Waals surface area contributed by atoms with Crippen LogP contribution in [0, 0.1) is 0 Å². The van der Waals surface area contributed by atoms with Crippen LogP contribution >= 0.6 is 60.6 Å². The third kappa shape index (κ3) is 29.2. The SMILES string of the molecule is CCCCn1cc[n+](C)c1.[Br-].[Cl][Fe]([Cl])[Cl].[Cl][Fe]([Cl])[Cl]. The zero-order chi connectivity index (χ0) is 14.6. The Kier molecular flexibility index (Phi) is 25.7. The topological polar surface area (TPSA) is 8.81 Å². The van der Waals surface area contributed by atoms with Crippen molar-refractivity contribution in [2.45, 2.75) is 26.3 Å². The third-order valence-electron chi connectivity index (χ3n) is 1.59. The van der Waals surface area contributed by atoms with E-state index in [0.717, 1.165) is 6.54 Å². The van der Waals surface area contributed by atoms with Crippen LogP contribution in [0.25, 0.3) is 0 Å². The standard InChI is InChI=1S/C8H15N2.BrH.6ClH.2Fe/c1-3-4-5-10-7-6-9(2)8-10;;;;;;;;;/h6-8H,3-5H2,1-2H3;7*1H;;/q+1;;;;;;;;2*+3/p-7. The summed E-state index contributed by atoms with van der Waals surface area (Å²) in [6.07, 6.45) is 8.82. The zero-order valence-corrected chi connectivity index (χ0v) is 18.4. The molecular formula is C8H15BrCl6Fe2N2. The molecule has 0 aliphatic carbocycles. The summed E-state index contributed by atoms with van der Waals surface area (Å²) in [6, 6.07) is 0. The summed E-state index contributed by atoms with van der Waals surface area (Å²) in [5.74, 6) is 0. The fraction of sp³-hybridized carbons (Fsp3) is 0.625.